The Morgan fingerprint density at radius 1 is 1.10 bits per heavy atom. The number of fused-ring (bicyclic) bond motifs is 1. The van der Waals surface area contributed by atoms with Gasteiger partial charge in [0.1, 0.15) is 10.9 Å². The van der Waals surface area contributed by atoms with E-state index in [2.05, 4.69) is 20.9 Å². The summed E-state index contributed by atoms with van der Waals surface area (Å²) in [6.07, 6.45) is 1.52. The van der Waals surface area contributed by atoms with Gasteiger partial charge in [-0.3, -0.25) is 0 Å². The average Bonchev–Trinajstić information content (AvgIpc) is 2.48. The van der Waals surface area contributed by atoms with Crippen molar-refractivity contribution in [2.24, 2.45) is 0 Å². The molecule has 0 spiro atoms. The highest BCUT2D eigenvalue weighted by molar-refractivity contribution is 9.10. The maximum Gasteiger partial charge on any atom is 0.346 e. The van der Waals surface area contributed by atoms with Crippen LogP contribution < -0.4 is 4.74 Å². The number of nitrogens with zero attached hydrogens (tertiary/aromatic N) is 1. The van der Waals surface area contributed by atoms with Gasteiger partial charge in [-0.1, -0.05) is 39.7 Å². The van der Waals surface area contributed by atoms with Crippen molar-refractivity contribution in [3.8, 4) is 5.75 Å². The predicted octanol–water partition coefficient (Wildman–Crippen LogP) is 4.87. The first-order valence-electron chi connectivity index (χ1n) is 6.15. The fraction of sp³-hybridized carbons (Fsp3) is 0. The first-order chi connectivity index (χ1) is 10.1. The van der Waals surface area contributed by atoms with Crippen LogP contribution in [0.1, 0.15) is 10.4 Å². The zero-order valence-electron chi connectivity index (χ0n) is 10.7. The summed E-state index contributed by atoms with van der Waals surface area (Å²) in [5, 5.41) is 2.18. The van der Waals surface area contributed by atoms with Crippen LogP contribution in [0.25, 0.3) is 10.8 Å². The van der Waals surface area contributed by atoms with Gasteiger partial charge >= 0.3 is 5.97 Å². The predicted molar refractivity (Wildman–Crippen MR) is 85.9 cm³/mol. The Balaban J connectivity index is 1.90. The lowest BCUT2D eigenvalue weighted by Gasteiger charge is -2.06. The molecule has 0 radical (unpaired) electrons. The Morgan fingerprint density at radius 3 is 2.67 bits per heavy atom. The van der Waals surface area contributed by atoms with E-state index in [-0.39, 0.29) is 10.7 Å². The molecule has 0 amide bonds. The number of hydrogen-bond donors (Lipinski definition) is 0. The van der Waals surface area contributed by atoms with E-state index in [1.165, 1.54) is 6.20 Å². The van der Waals surface area contributed by atoms with Crippen LogP contribution in [0.5, 0.6) is 5.75 Å². The summed E-state index contributed by atoms with van der Waals surface area (Å²) in [6, 6.07) is 14.6. The first-order valence-corrected chi connectivity index (χ1v) is 7.32. The van der Waals surface area contributed by atoms with Crippen LogP contribution >= 0.6 is 27.5 Å². The largest absolute Gasteiger partial charge is 0.423 e. The lowest BCUT2D eigenvalue weighted by Crippen LogP contribution is -2.09. The average molecular weight is 363 g/mol. The highest BCUT2D eigenvalue weighted by Gasteiger charge is 2.13. The number of carbonyl (C=O) groups excluding carboxylic acids is 1. The van der Waals surface area contributed by atoms with Crippen LogP contribution in [-0.4, -0.2) is 11.0 Å². The number of ether oxygens (including phenoxy) is 1. The molecule has 1 aromatic heterocycles. The molecular formula is C16H9BrClNO2. The molecule has 0 aliphatic heterocycles. The van der Waals surface area contributed by atoms with Gasteiger partial charge in [0.25, 0.3) is 0 Å². The Hall–Kier alpha value is -1.91. The number of hydrogen-bond acceptors (Lipinski definition) is 3. The lowest BCUT2D eigenvalue weighted by molar-refractivity contribution is 0.0735. The van der Waals surface area contributed by atoms with Crippen LogP contribution in [-0.2, 0) is 0 Å². The molecular weight excluding hydrogens is 354 g/mol. The third-order valence-corrected chi connectivity index (χ3v) is 3.76. The second-order valence-electron chi connectivity index (χ2n) is 4.38. The van der Waals surface area contributed by atoms with Crippen LogP contribution in [0.3, 0.4) is 0 Å². The van der Waals surface area contributed by atoms with Crippen molar-refractivity contribution < 1.29 is 9.53 Å². The molecule has 3 aromatic rings. The highest BCUT2D eigenvalue weighted by Crippen LogP contribution is 2.25. The zero-order valence-corrected chi connectivity index (χ0v) is 13.1. The summed E-state index contributed by atoms with van der Waals surface area (Å²) in [5.74, 6) is -0.0562. The molecule has 0 aliphatic rings. The zero-order chi connectivity index (χ0) is 14.8. The summed E-state index contributed by atoms with van der Waals surface area (Å²) in [4.78, 5) is 15.9. The van der Waals surface area contributed by atoms with Crippen molar-refractivity contribution in [3.05, 3.63) is 69.9 Å². The van der Waals surface area contributed by atoms with E-state index in [4.69, 9.17) is 16.3 Å². The number of halogens is 2. The maximum atomic E-state index is 12.1. The molecule has 2 aromatic carbocycles. The van der Waals surface area contributed by atoms with Crippen molar-refractivity contribution in [1.29, 1.82) is 0 Å². The molecule has 3 rings (SSSR count). The number of rotatable bonds is 2. The van der Waals surface area contributed by atoms with Crippen LogP contribution in [0, 0.1) is 0 Å². The molecule has 0 saturated heterocycles. The summed E-state index contributed by atoms with van der Waals surface area (Å²) < 4.78 is 6.35. The van der Waals surface area contributed by atoms with E-state index in [0.29, 0.717) is 5.75 Å². The van der Waals surface area contributed by atoms with E-state index >= 15 is 0 Å². The molecule has 104 valence electrons. The maximum absolute atomic E-state index is 12.1. The second kappa shape index (κ2) is 5.84. The van der Waals surface area contributed by atoms with Gasteiger partial charge in [-0.05, 0) is 47.2 Å². The Labute approximate surface area is 134 Å². The molecule has 1 heterocycles. The van der Waals surface area contributed by atoms with Crippen molar-refractivity contribution in [2.75, 3.05) is 0 Å². The fourth-order valence-corrected chi connectivity index (χ4v) is 2.53. The Kier molecular flexibility index (Phi) is 3.90. The Morgan fingerprint density at radius 2 is 1.86 bits per heavy atom. The van der Waals surface area contributed by atoms with Crippen LogP contribution in [0.15, 0.2) is 59.2 Å². The van der Waals surface area contributed by atoms with Gasteiger partial charge in [0.05, 0.1) is 5.56 Å². The molecule has 0 N–H and O–H groups in total. The number of carbonyl (C=O) groups is 1. The number of esters is 1. The minimum atomic E-state index is -0.524. The number of aromatic nitrogens is 1. The van der Waals surface area contributed by atoms with Gasteiger partial charge in [-0.25, -0.2) is 9.78 Å². The summed E-state index contributed by atoms with van der Waals surface area (Å²) in [5.41, 5.74) is 0.245. The van der Waals surface area contributed by atoms with Crippen LogP contribution in [0.2, 0.25) is 5.15 Å². The molecule has 21 heavy (non-hydrogen) atoms. The van der Waals surface area contributed by atoms with Gasteiger partial charge in [0.2, 0.25) is 0 Å². The smallest absolute Gasteiger partial charge is 0.346 e. The first kappa shape index (κ1) is 14.0. The van der Waals surface area contributed by atoms with Gasteiger partial charge in [-0.15, -0.1) is 0 Å². The standard InChI is InChI=1S/C16H9BrClNO2/c17-12-5-3-11-9-13(6-4-10(11)8-12)21-16(20)14-2-1-7-19-15(14)18/h1-9H. The minimum Gasteiger partial charge on any atom is -0.423 e. The van der Waals surface area contributed by atoms with Gasteiger partial charge in [0.15, 0.2) is 0 Å². The topological polar surface area (TPSA) is 39.2 Å². The van der Waals surface area contributed by atoms with Gasteiger partial charge < -0.3 is 4.74 Å². The van der Waals surface area contributed by atoms with E-state index in [1.54, 1.807) is 18.2 Å². The third-order valence-electron chi connectivity index (χ3n) is 2.96. The lowest BCUT2D eigenvalue weighted by atomic mass is 10.1. The molecule has 0 bridgehead atoms. The quantitative estimate of drug-likeness (QED) is 0.371. The summed E-state index contributed by atoms with van der Waals surface area (Å²) >= 11 is 9.30. The number of pyridine rings is 1. The van der Waals surface area contributed by atoms with Gasteiger partial charge in [0, 0.05) is 10.7 Å². The molecule has 5 heteroatoms. The van der Waals surface area contributed by atoms with E-state index in [9.17, 15) is 4.79 Å². The van der Waals surface area contributed by atoms with E-state index < -0.39 is 5.97 Å². The summed E-state index contributed by atoms with van der Waals surface area (Å²) in [6.45, 7) is 0. The van der Waals surface area contributed by atoms with Crippen molar-refractivity contribution in [3.63, 3.8) is 0 Å². The number of benzene rings is 2. The van der Waals surface area contributed by atoms with Crippen LogP contribution in [0.4, 0.5) is 0 Å². The van der Waals surface area contributed by atoms with E-state index in [0.717, 1.165) is 15.2 Å². The third kappa shape index (κ3) is 3.06. The monoisotopic (exact) mass is 361 g/mol. The molecule has 0 unspecified atom stereocenters. The molecule has 0 fully saturated rings. The minimum absolute atomic E-state index is 0.132. The summed E-state index contributed by atoms with van der Waals surface area (Å²) in [7, 11) is 0. The Bertz CT molecular complexity index is 835. The fourth-order valence-electron chi connectivity index (χ4n) is 1.96. The van der Waals surface area contributed by atoms with Crippen molar-refractivity contribution >= 4 is 44.3 Å². The van der Waals surface area contributed by atoms with Gasteiger partial charge in [-0.2, -0.15) is 0 Å². The molecule has 0 atom stereocenters. The SMILES string of the molecule is O=C(Oc1ccc2cc(Br)ccc2c1)c1cccnc1Cl. The molecule has 0 aliphatic carbocycles. The van der Waals surface area contributed by atoms with Crippen molar-refractivity contribution in [2.45, 2.75) is 0 Å². The molecule has 3 nitrogen and oxygen atoms in total. The normalized spacial score (nSPS) is 10.6. The highest BCUT2D eigenvalue weighted by atomic mass is 79.9. The van der Waals surface area contributed by atoms with E-state index in [1.807, 2.05) is 30.3 Å². The van der Waals surface area contributed by atoms with Crippen molar-refractivity contribution in [1.82, 2.24) is 4.98 Å². The second-order valence-corrected chi connectivity index (χ2v) is 5.66. The molecule has 0 saturated carbocycles.